The highest BCUT2D eigenvalue weighted by Gasteiger charge is 2.33. The van der Waals surface area contributed by atoms with E-state index in [1.165, 1.54) is 4.68 Å². The zero-order valence-electron chi connectivity index (χ0n) is 13.4. The second-order valence-electron chi connectivity index (χ2n) is 5.78. The first kappa shape index (κ1) is 16.2. The van der Waals surface area contributed by atoms with Gasteiger partial charge in [-0.05, 0) is 18.6 Å². The third-order valence-corrected chi connectivity index (χ3v) is 4.16. The molecule has 24 heavy (non-hydrogen) atoms. The molecular formula is C17H19FN4O2. The van der Waals surface area contributed by atoms with Gasteiger partial charge in [0.25, 0.3) is 5.91 Å². The van der Waals surface area contributed by atoms with Crippen molar-refractivity contribution < 1.29 is 14.0 Å². The van der Waals surface area contributed by atoms with Crippen molar-refractivity contribution in [3.63, 3.8) is 0 Å². The fourth-order valence-corrected chi connectivity index (χ4v) is 2.77. The van der Waals surface area contributed by atoms with E-state index in [-0.39, 0.29) is 18.4 Å². The third-order valence-electron chi connectivity index (χ3n) is 4.16. The molecule has 1 N–H and O–H groups in total. The molecule has 0 spiro atoms. The van der Waals surface area contributed by atoms with Gasteiger partial charge in [-0.25, -0.2) is 4.39 Å². The maximum Gasteiger partial charge on any atom is 0.255 e. The van der Waals surface area contributed by atoms with Gasteiger partial charge in [-0.2, -0.15) is 5.10 Å². The van der Waals surface area contributed by atoms with Gasteiger partial charge in [0.1, 0.15) is 12.7 Å². The lowest BCUT2D eigenvalue weighted by Gasteiger charge is -2.23. The summed E-state index contributed by atoms with van der Waals surface area (Å²) in [5.74, 6) is -0.349. The number of rotatable bonds is 6. The van der Waals surface area contributed by atoms with Gasteiger partial charge in [0.15, 0.2) is 0 Å². The summed E-state index contributed by atoms with van der Waals surface area (Å²) in [6, 6.07) is 6.82. The summed E-state index contributed by atoms with van der Waals surface area (Å²) in [7, 11) is 0. The average Bonchev–Trinajstić information content (AvgIpc) is 3.17. The second-order valence-corrected chi connectivity index (χ2v) is 5.78. The number of halogens is 1. The van der Waals surface area contributed by atoms with Crippen LogP contribution < -0.4 is 5.32 Å². The first-order chi connectivity index (χ1) is 11.6. The minimum atomic E-state index is -0.564. The van der Waals surface area contributed by atoms with E-state index in [9.17, 15) is 14.0 Å². The summed E-state index contributed by atoms with van der Waals surface area (Å²) in [6.07, 6.45) is 3.29. The molecule has 0 radical (unpaired) electrons. The van der Waals surface area contributed by atoms with Gasteiger partial charge in [0.2, 0.25) is 5.91 Å². The van der Waals surface area contributed by atoms with E-state index in [4.69, 9.17) is 0 Å². The lowest BCUT2D eigenvalue weighted by Crippen LogP contribution is -2.44. The molecule has 0 unspecified atom stereocenters. The minimum absolute atomic E-state index is 0.121. The molecule has 1 aromatic heterocycles. The van der Waals surface area contributed by atoms with Gasteiger partial charge in [-0.1, -0.05) is 18.2 Å². The first-order valence-electron chi connectivity index (χ1n) is 7.84. The number of carbonyl (C=O) groups excluding carboxylic acids is 2. The largest absolute Gasteiger partial charge is 0.350 e. The van der Waals surface area contributed by atoms with Crippen molar-refractivity contribution in [2.75, 3.05) is 6.67 Å². The van der Waals surface area contributed by atoms with Crippen molar-refractivity contribution in [2.24, 2.45) is 0 Å². The van der Waals surface area contributed by atoms with Crippen molar-refractivity contribution in [1.82, 2.24) is 20.0 Å². The van der Waals surface area contributed by atoms with Gasteiger partial charge >= 0.3 is 0 Å². The van der Waals surface area contributed by atoms with Crippen molar-refractivity contribution in [2.45, 2.75) is 32.6 Å². The number of amides is 2. The van der Waals surface area contributed by atoms with Crippen LogP contribution in [0.25, 0.3) is 0 Å². The monoisotopic (exact) mass is 330 g/mol. The van der Waals surface area contributed by atoms with Crippen molar-refractivity contribution >= 4 is 11.8 Å². The molecule has 0 saturated carbocycles. The molecule has 1 aromatic carbocycles. The van der Waals surface area contributed by atoms with E-state index in [0.29, 0.717) is 18.7 Å². The Hall–Kier alpha value is -2.70. The van der Waals surface area contributed by atoms with Crippen molar-refractivity contribution in [3.05, 3.63) is 53.3 Å². The quantitative estimate of drug-likeness (QED) is 0.873. The van der Waals surface area contributed by atoms with Gasteiger partial charge in [-0.15, -0.1) is 0 Å². The minimum Gasteiger partial charge on any atom is -0.350 e. The van der Waals surface area contributed by atoms with Crippen LogP contribution in [0.5, 0.6) is 0 Å². The standard InChI is InChI=1S/C17H19FN4O2/c1-12(22-11-14-4-2-3-5-15(14)17(22)24)16(23)19-8-13-9-20-21(10-13)7-6-18/h2-5,9-10,12H,6-8,11H2,1H3,(H,19,23)/t12-/m1/s1. The Morgan fingerprint density at radius 2 is 2.21 bits per heavy atom. The molecule has 7 heteroatoms. The van der Waals surface area contributed by atoms with Crippen LogP contribution in [0.2, 0.25) is 0 Å². The Labute approximate surface area is 139 Å². The molecule has 2 heterocycles. The van der Waals surface area contributed by atoms with Gasteiger partial charge in [0.05, 0.1) is 12.7 Å². The number of aryl methyl sites for hydroxylation is 1. The highest BCUT2D eigenvalue weighted by atomic mass is 19.1. The predicted molar refractivity (Wildman–Crippen MR) is 85.8 cm³/mol. The number of fused-ring (bicyclic) bond motifs is 1. The van der Waals surface area contributed by atoms with Crippen LogP contribution in [0, 0.1) is 0 Å². The van der Waals surface area contributed by atoms with Gasteiger partial charge in [-0.3, -0.25) is 14.3 Å². The van der Waals surface area contributed by atoms with E-state index in [0.717, 1.165) is 11.1 Å². The Kier molecular flexibility index (Phi) is 4.59. The number of nitrogens with one attached hydrogen (secondary N) is 1. The molecule has 1 aliphatic rings. The normalized spacial score (nSPS) is 14.6. The van der Waals surface area contributed by atoms with Crippen LogP contribution in [-0.2, 0) is 24.4 Å². The Morgan fingerprint density at radius 1 is 1.42 bits per heavy atom. The lowest BCUT2D eigenvalue weighted by molar-refractivity contribution is -0.125. The van der Waals surface area contributed by atoms with Crippen LogP contribution in [0.3, 0.4) is 0 Å². The van der Waals surface area contributed by atoms with Crippen LogP contribution in [0.4, 0.5) is 4.39 Å². The number of carbonyl (C=O) groups is 2. The third kappa shape index (κ3) is 3.15. The Bertz CT molecular complexity index is 759. The maximum atomic E-state index is 12.4. The highest BCUT2D eigenvalue weighted by Crippen LogP contribution is 2.24. The topological polar surface area (TPSA) is 67.2 Å². The van der Waals surface area contributed by atoms with Crippen LogP contribution in [0.15, 0.2) is 36.7 Å². The molecule has 2 amide bonds. The second kappa shape index (κ2) is 6.82. The maximum absolute atomic E-state index is 12.4. The number of benzene rings is 1. The fourth-order valence-electron chi connectivity index (χ4n) is 2.77. The molecule has 0 aliphatic carbocycles. The number of nitrogens with zero attached hydrogens (tertiary/aromatic N) is 3. The molecule has 0 fully saturated rings. The van der Waals surface area contributed by atoms with Gasteiger partial charge < -0.3 is 10.2 Å². The van der Waals surface area contributed by atoms with Crippen molar-refractivity contribution in [1.29, 1.82) is 0 Å². The fraction of sp³-hybridized carbons (Fsp3) is 0.353. The van der Waals surface area contributed by atoms with E-state index in [2.05, 4.69) is 10.4 Å². The number of hydrogen-bond donors (Lipinski definition) is 1. The molecule has 2 aromatic rings. The molecular weight excluding hydrogens is 311 g/mol. The summed E-state index contributed by atoms with van der Waals surface area (Å²) in [4.78, 5) is 26.3. The first-order valence-corrected chi connectivity index (χ1v) is 7.84. The zero-order valence-corrected chi connectivity index (χ0v) is 13.4. The number of alkyl halides is 1. The van der Waals surface area contributed by atoms with Crippen LogP contribution in [0.1, 0.15) is 28.4 Å². The van der Waals surface area contributed by atoms with Crippen molar-refractivity contribution in [3.8, 4) is 0 Å². The van der Waals surface area contributed by atoms with E-state index in [1.54, 1.807) is 30.3 Å². The van der Waals surface area contributed by atoms with E-state index >= 15 is 0 Å². The average molecular weight is 330 g/mol. The smallest absolute Gasteiger partial charge is 0.255 e. The SMILES string of the molecule is C[C@H](C(=O)NCc1cnn(CCF)c1)N1Cc2ccccc2C1=O. The predicted octanol–water partition coefficient (Wildman–Crippen LogP) is 1.51. The molecule has 1 aliphatic heterocycles. The lowest BCUT2D eigenvalue weighted by atomic mass is 10.1. The summed E-state index contributed by atoms with van der Waals surface area (Å²) >= 11 is 0. The van der Waals surface area contributed by atoms with Gasteiger partial charge in [0, 0.05) is 30.4 Å². The summed E-state index contributed by atoms with van der Waals surface area (Å²) < 4.78 is 13.8. The number of aromatic nitrogens is 2. The summed E-state index contributed by atoms with van der Waals surface area (Å²) in [5, 5.41) is 6.80. The molecule has 0 saturated heterocycles. The zero-order chi connectivity index (χ0) is 17.1. The molecule has 6 nitrogen and oxygen atoms in total. The van der Waals surface area contributed by atoms with E-state index < -0.39 is 12.7 Å². The Balaban J connectivity index is 1.58. The Morgan fingerprint density at radius 3 is 2.96 bits per heavy atom. The van der Waals surface area contributed by atoms with Crippen LogP contribution in [-0.4, -0.2) is 39.2 Å². The molecule has 126 valence electrons. The van der Waals surface area contributed by atoms with Crippen LogP contribution >= 0.6 is 0 Å². The highest BCUT2D eigenvalue weighted by molar-refractivity contribution is 6.00. The number of hydrogen-bond acceptors (Lipinski definition) is 3. The van der Waals surface area contributed by atoms with E-state index in [1.807, 2.05) is 18.2 Å². The summed E-state index contributed by atoms with van der Waals surface area (Å²) in [5.41, 5.74) is 2.39. The summed E-state index contributed by atoms with van der Waals surface area (Å²) in [6.45, 7) is 2.17. The molecule has 0 bridgehead atoms. The molecule has 3 rings (SSSR count). The molecule has 1 atom stereocenters.